The number of benzene rings is 1. The molecule has 0 saturated heterocycles. The molecule has 3 aromatic heterocycles. The van der Waals surface area contributed by atoms with Gasteiger partial charge in [-0.3, -0.25) is 9.36 Å². The van der Waals surface area contributed by atoms with Crippen molar-refractivity contribution in [1.82, 2.24) is 4.57 Å². The molecule has 0 radical (unpaired) electrons. The van der Waals surface area contributed by atoms with E-state index in [-0.39, 0.29) is 11.5 Å². The Morgan fingerprint density at radius 1 is 1.22 bits per heavy atom. The normalized spacial score (nSPS) is 15.8. The summed E-state index contributed by atoms with van der Waals surface area (Å²) in [5.74, 6) is 0.880. The van der Waals surface area contributed by atoms with Crippen LogP contribution in [-0.2, 0) is 9.53 Å². The molecule has 36 heavy (non-hydrogen) atoms. The van der Waals surface area contributed by atoms with E-state index >= 15 is 0 Å². The number of furan rings is 1. The summed E-state index contributed by atoms with van der Waals surface area (Å²) in [4.78, 5) is 32.8. The Bertz CT molecular complexity index is 1640. The molecule has 1 aliphatic heterocycles. The lowest BCUT2D eigenvalue weighted by Gasteiger charge is -2.23. The number of halogens is 1. The zero-order valence-electron chi connectivity index (χ0n) is 19.9. The number of allylic oxidation sites excluding steroid dienone is 1. The van der Waals surface area contributed by atoms with Crippen molar-refractivity contribution in [2.24, 2.45) is 10.9 Å². The molecule has 1 aromatic carbocycles. The van der Waals surface area contributed by atoms with Crippen LogP contribution in [0, 0.1) is 5.92 Å². The number of aromatic nitrogens is 1. The molecular weight excluding hydrogens is 516 g/mol. The standard InChI is InChI=1S/C27H23ClN2O4S2/c1-15(2)14-33-26(32)23-16(3)29-27-30(24(23)21-9-6-12-35-21)25(31)22(36-27)13-17-10-11-20(34-17)18-7-4-5-8-19(18)28/h4-13,15,24H,14H2,1-3H3. The molecule has 184 valence electrons. The molecule has 9 heteroatoms. The van der Waals surface area contributed by atoms with Crippen LogP contribution in [0.15, 0.2) is 79.4 Å². The highest BCUT2D eigenvalue weighted by Gasteiger charge is 2.34. The van der Waals surface area contributed by atoms with Gasteiger partial charge in [-0.1, -0.05) is 55.0 Å². The molecule has 0 aliphatic carbocycles. The highest BCUT2D eigenvalue weighted by molar-refractivity contribution is 7.10. The van der Waals surface area contributed by atoms with Crippen LogP contribution in [0.25, 0.3) is 17.4 Å². The summed E-state index contributed by atoms with van der Waals surface area (Å²) in [6.07, 6.45) is 1.70. The van der Waals surface area contributed by atoms with Gasteiger partial charge < -0.3 is 9.15 Å². The molecule has 1 unspecified atom stereocenters. The number of carbonyl (C=O) groups is 1. The molecule has 0 fully saturated rings. The van der Waals surface area contributed by atoms with Crippen LogP contribution in [0.2, 0.25) is 5.02 Å². The lowest BCUT2D eigenvalue weighted by atomic mass is 10.0. The Hall–Kier alpha value is -3.20. The van der Waals surface area contributed by atoms with Gasteiger partial charge in [-0.05, 0) is 48.6 Å². The Balaban J connectivity index is 1.59. The number of rotatable bonds is 6. The van der Waals surface area contributed by atoms with Gasteiger partial charge in [-0.25, -0.2) is 9.79 Å². The van der Waals surface area contributed by atoms with Gasteiger partial charge in [0.05, 0.1) is 27.4 Å². The highest BCUT2D eigenvalue weighted by atomic mass is 35.5. The number of esters is 1. The number of thiazole rings is 1. The molecule has 0 amide bonds. The number of fused-ring (bicyclic) bond motifs is 1. The van der Waals surface area contributed by atoms with Crippen LogP contribution in [0.4, 0.5) is 0 Å². The van der Waals surface area contributed by atoms with Gasteiger partial charge >= 0.3 is 5.97 Å². The van der Waals surface area contributed by atoms with E-state index in [0.717, 1.165) is 10.4 Å². The van der Waals surface area contributed by atoms with Crippen LogP contribution in [0.5, 0.6) is 0 Å². The Kier molecular flexibility index (Phi) is 6.83. The molecule has 4 aromatic rings. The second-order valence-electron chi connectivity index (χ2n) is 8.77. The second kappa shape index (κ2) is 10.0. The molecule has 0 spiro atoms. The van der Waals surface area contributed by atoms with Crippen molar-refractivity contribution >= 4 is 46.3 Å². The lowest BCUT2D eigenvalue weighted by molar-refractivity contribution is -0.140. The molecule has 1 atom stereocenters. The third-order valence-electron chi connectivity index (χ3n) is 5.64. The SMILES string of the molecule is CC1=C(C(=O)OCC(C)C)C(c2cccs2)n2c(sc(=Cc3ccc(-c4ccccc4Cl)o3)c2=O)=N1. The minimum Gasteiger partial charge on any atom is -0.462 e. The zero-order chi connectivity index (χ0) is 25.4. The molecule has 0 N–H and O–H groups in total. The van der Waals surface area contributed by atoms with Crippen molar-refractivity contribution in [2.45, 2.75) is 26.8 Å². The van der Waals surface area contributed by atoms with Crippen LogP contribution >= 0.6 is 34.3 Å². The van der Waals surface area contributed by atoms with E-state index in [2.05, 4.69) is 4.99 Å². The van der Waals surface area contributed by atoms with Crippen LogP contribution in [0.1, 0.15) is 37.5 Å². The third-order valence-corrected chi connectivity index (χ3v) is 7.88. The van der Waals surface area contributed by atoms with Gasteiger partial charge in [0.1, 0.15) is 17.6 Å². The summed E-state index contributed by atoms with van der Waals surface area (Å²) in [6.45, 7) is 6.04. The maximum atomic E-state index is 13.6. The smallest absolute Gasteiger partial charge is 0.338 e. The first-order chi connectivity index (χ1) is 17.3. The van der Waals surface area contributed by atoms with Crippen LogP contribution in [-0.4, -0.2) is 17.1 Å². The molecule has 4 heterocycles. The quantitative estimate of drug-likeness (QED) is 0.308. The number of nitrogens with zero attached hydrogens (tertiary/aromatic N) is 2. The predicted molar refractivity (Wildman–Crippen MR) is 143 cm³/mol. The number of hydrogen-bond acceptors (Lipinski definition) is 7. The molecule has 0 saturated carbocycles. The number of ether oxygens (including phenoxy) is 1. The van der Waals surface area contributed by atoms with Gasteiger partial charge in [0, 0.05) is 16.5 Å². The maximum absolute atomic E-state index is 13.6. The van der Waals surface area contributed by atoms with E-state index in [9.17, 15) is 9.59 Å². The van der Waals surface area contributed by atoms with Crippen molar-refractivity contribution in [3.05, 3.63) is 101 Å². The van der Waals surface area contributed by atoms with Crippen molar-refractivity contribution in [3.8, 4) is 11.3 Å². The average Bonchev–Trinajstić information content (AvgIpc) is 3.59. The predicted octanol–water partition coefficient (Wildman–Crippen LogP) is 5.41. The van der Waals surface area contributed by atoms with E-state index < -0.39 is 12.0 Å². The Morgan fingerprint density at radius 2 is 2.03 bits per heavy atom. The van der Waals surface area contributed by atoms with Gasteiger partial charge in [0.15, 0.2) is 4.80 Å². The fraction of sp³-hybridized carbons (Fsp3) is 0.222. The van der Waals surface area contributed by atoms with Gasteiger partial charge in [0.2, 0.25) is 0 Å². The van der Waals surface area contributed by atoms with E-state index in [4.69, 9.17) is 20.8 Å². The fourth-order valence-electron chi connectivity index (χ4n) is 3.98. The van der Waals surface area contributed by atoms with Crippen LogP contribution in [0.3, 0.4) is 0 Å². The molecule has 5 rings (SSSR count). The molecule has 0 bridgehead atoms. The Labute approximate surface area is 220 Å². The monoisotopic (exact) mass is 538 g/mol. The van der Waals surface area contributed by atoms with Crippen molar-refractivity contribution in [2.75, 3.05) is 6.61 Å². The van der Waals surface area contributed by atoms with E-state index in [0.29, 0.717) is 43.8 Å². The maximum Gasteiger partial charge on any atom is 0.338 e. The van der Waals surface area contributed by atoms with E-state index in [1.165, 1.54) is 22.7 Å². The van der Waals surface area contributed by atoms with E-state index in [1.54, 1.807) is 29.7 Å². The minimum absolute atomic E-state index is 0.195. The Morgan fingerprint density at radius 3 is 2.75 bits per heavy atom. The summed E-state index contributed by atoms with van der Waals surface area (Å²) in [5.41, 5.74) is 1.47. The zero-order valence-corrected chi connectivity index (χ0v) is 22.2. The molecule has 1 aliphatic rings. The summed E-state index contributed by atoms with van der Waals surface area (Å²) >= 11 is 9.05. The first kappa shape index (κ1) is 24.5. The van der Waals surface area contributed by atoms with E-state index in [1.807, 2.05) is 55.6 Å². The topological polar surface area (TPSA) is 73.8 Å². The van der Waals surface area contributed by atoms with Gasteiger partial charge in [-0.15, -0.1) is 11.3 Å². The first-order valence-corrected chi connectivity index (χ1v) is 13.5. The van der Waals surface area contributed by atoms with Gasteiger partial charge in [0.25, 0.3) is 5.56 Å². The van der Waals surface area contributed by atoms with Gasteiger partial charge in [-0.2, -0.15) is 0 Å². The number of hydrogen-bond donors (Lipinski definition) is 0. The summed E-state index contributed by atoms with van der Waals surface area (Å²) < 4.78 is 13.6. The highest BCUT2D eigenvalue weighted by Crippen LogP contribution is 2.33. The van der Waals surface area contributed by atoms with Crippen LogP contribution < -0.4 is 14.9 Å². The van der Waals surface area contributed by atoms with Crippen molar-refractivity contribution < 1.29 is 13.9 Å². The summed E-state index contributed by atoms with van der Waals surface area (Å²) in [6, 6.07) is 14.3. The number of carbonyl (C=O) groups excluding carboxylic acids is 1. The fourth-order valence-corrected chi connectivity index (χ4v) is 6.06. The summed E-state index contributed by atoms with van der Waals surface area (Å²) in [5, 5.41) is 2.51. The second-order valence-corrected chi connectivity index (χ2v) is 11.2. The first-order valence-electron chi connectivity index (χ1n) is 11.4. The average molecular weight is 539 g/mol. The molecular formula is C27H23ClN2O4S2. The number of thiophene rings is 1. The van der Waals surface area contributed by atoms with Crippen molar-refractivity contribution in [3.63, 3.8) is 0 Å². The third kappa shape index (κ3) is 4.64. The largest absolute Gasteiger partial charge is 0.462 e. The van der Waals surface area contributed by atoms with Crippen molar-refractivity contribution in [1.29, 1.82) is 0 Å². The minimum atomic E-state index is -0.599. The lowest BCUT2D eigenvalue weighted by Crippen LogP contribution is -2.39. The summed E-state index contributed by atoms with van der Waals surface area (Å²) in [7, 11) is 0. The molecule has 6 nitrogen and oxygen atoms in total.